The van der Waals surface area contributed by atoms with Crippen LogP contribution in [0.2, 0.25) is 0 Å². The van der Waals surface area contributed by atoms with Gasteiger partial charge in [-0.15, -0.1) is 0 Å². The molecule has 2 heterocycles. The Morgan fingerprint density at radius 1 is 1.03 bits per heavy atom. The SMILES string of the molecule is CCn1c(=O)c2ccccc2n(CC(=O)N(Cc2ccc3c(c2)OCO3)C2CCCC2)c1=O. The molecule has 0 radical (unpaired) electrons. The second kappa shape index (κ2) is 8.77. The zero-order valence-corrected chi connectivity index (χ0v) is 18.7. The molecule has 3 aromatic rings. The third kappa shape index (κ3) is 3.90. The standard InChI is InChI=1S/C25H27N3O5/c1-2-26-24(30)19-9-5-6-10-20(19)28(25(26)31)15-23(29)27(18-7-3-4-8-18)14-17-11-12-21-22(13-17)33-16-32-21/h5-6,9-13,18H,2-4,7-8,14-16H2,1H3. The number of nitrogens with zero attached hydrogens (tertiary/aromatic N) is 3. The Bertz CT molecular complexity index is 1320. The fourth-order valence-corrected chi connectivity index (χ4v) is 4.90. The van der Waals surface area contributed by atoms with Crippen LogP contribution in [0.15, 0.2) is 52.1 Å². The van der Waals surface area contributed by atoms with E-state index in [1.807, 2.05) is 23.1 Å². The lowest BCUT2D eigenvalue weighted by atomic mass is 10.1. The molecule has 1 aliphatic carbocycles. The van der Waals surface area contributed by atoms with Gasteiger partial charge in [0.15, 0.2) is 11.5 Å². The summed E-state index contributed by atoms with van der Waals surface area (Å²) in [4.78, 5) is 41.4. The molecule has 0 spiro atoms. The van der Waals surface area contributed by atoms with Crippen molar-refractivity contribution in [3.05, 3.63) is 68.9 Å². The van der Waals surface area contributed by atoms with Crippen molar-refractivity contribution in [2.24, 2.45) is 0 Å². The molecule has 0 saturated heterocycles. The van der Waals surface area contributed by atoms with Gasteiger partial charge in [0, 0.05) is 19.1 Å². The van der Waals surface area contributed by atoms with Crippen LogP contribution >= 0.6 is 0 Å². The fourth-order valence-electron chi connectivity index (χ4n) is 4.90. The van der Waals surface area contributed by atoms with Gasteiger partial charge in [-0.1, -0.05) is 31.0 Å². The first-order valence-electron chi connectivity index (χ1n) is 11.5. The van der Waals surface area contributed by atoms with E-state index in [-0.39, 0.29) is 37.4 Å². The Kier molecular flexibility index (Phi) is 5.66. The summed E-state index contributed by atoms with van der Waals surface area (Å²) in [5.74, 6) is 1.26. The summed E-state index contributed by atoms with van der Waals surface area (Å²) in [5, 5.41) is 0.440. The first kappa shape index (κ1) is 21.3. The summed E-state index contributed by atoms with van der Waals surface area (Å²) in [5.41, 5.74) is 0.661. The molecular formula is C25H27N3O5. The van der Waals surface area contributed by atoms with E-state index in [2.05, 4.69) is 0 Å². The Balaban J connectivity index is 1.50. The highest BCUT2D eigenvalue weighted by atomic mass is 16.7. The molecule has 0 N–H and O–H groups in total. The second-order valence-corrected chi connectivity index (χ2v) is 8.58. The maximum absolute atomic E-state index is 13.6. The minimum absolute atomic E-state index is 0.110. The van der Waals surface area contributed by atoms with E-state index in [1.54, 1.807) is 31.2 Å². The molecule has 1 aromatic heterocycles. The van der Waals surface area contributed by atoms with Crippen molar-refractivity contribution in [3.8, 4) is 11.5 Å². The number of fused-ring (bicyclic) bond motifs is 2. The number of ether oxygens (including phenoxy) is 2. The van der Waals surface area contributed by atoms with Crippen molar-refractivity contribution < 1.29 is 14.3 Å². The number of carbonyl (C=O) groups excluding carboxylic acids is 1. The highest BCUT2D eigenvalue weighted by molar-refractivity contribution is 5.82. The van der Waals surface area contributed by atoms with Crippen molar-refractivity contribution in [2.75, 3.05) is 6.79 Å². The lowest BCUT2D eigenvalue weighted by Crippen LogP contribution is -2.45. The maximum atomic E-state index is 13.6. The minimum Gasteiger partial charge on any atom is -0.454 e. The monoisotopic (exact) mass is 449 g/mol. The Hall–Kier alpha value is -3.55. The summed E-state index contributed by atoms with van der Waals surface area (Å²) in [7, 11) is 0. The fraction of sp³-hybridized carbons (Fsp3) is 0.400. The highest BCUT2D eigenvalue weighted by Crippen LogP contribution is 2.33. The van der Waals surface area contributed by atoms with Gasteiger partial charge in [0.1, 0.15) is 6.54 Å². The summed E-state index contributed by atoms with van der Waals surface area (Å²) in [6, 6.07) is 12.8. The molecule has 0 atom stereocenters. The molecule has 8 nitrogen and oxygen atoms in total. The van der Waals surface area contributed by atoms with E-state index in [0.717, 1.165) is 31.2 Å². The van der Waals surface area contributed by atoms with Crippen LogP contribution < -0.4 is 20.7 Å². The van der Waals surface area contributed by atoms with Crippen molar-refractivity contribution >= 4 is 16.8 Å². The molecular weight excluding hydrogens is 422 g/mol. The number of rotatable bonds is 6. The minimum atomic E-state index is -0.455. The normalized spacial score (nSPS) is 15.3. The summed E-state index contributed by atoms with van der Waals surface area (Å²) >= 11 is 0. The Labute approximate surface area is 191 Å². The molecule has 1 amide bonds. The van der Waals surface area contributed by atoms with Crippen LogP contribution in [0, 0.1) is 0 Å². The van der Waals surface area contributed by atoms with E-state index in [1.165, 1.54) is 9.13 Å². The molecule has 172 valence electrons. The third-order valence-electron chi connectivity index (χ3n) is 6.62. The summed E-state index contributed by atoms with van der Waals surface area (Å²) < 4.78 is 13.5. The number of amides is 1. The van der Waals surface area contributed by atoms with Crippen molar-refractivity contribution in [3.63, 3.8) is 0 Å². The van der Waals surface area contributed by atoms with Gasteiger partial charge in [0.25, 0.3) is 5.56 Å². The van der Waals surface area contributed by atoms with E-state index >= 15 is 0 Å². The van der Waals surface area contributed by atoms with Gasteiger partial charge in [-0.3, -0.25) is 18.7 Å². The Morgan fingerprint density at radius 3 is 2.58 bits per heavy atom. The van der Waals surface area contributed by atoms with E-state index in [0.29, 0.717) is 28.9 Å². The van der Waals surface area contributed by atoms with Crippen LogP contribution in [0.1, 0.15) is 38.2 Å². The number of hydrogen-bond donors (Lipinski definition) is 0. The summed E-state index contributed by atoms with van der Waals surface area (Å²) in [6.45, 7) is 2.53. The van der Waals surface area contributed by atoms with Gasteiger partial charge in [-0.05, 0) is 49.6 Å². The average Bonchev–Trinajstić information content (AvgIpc) is 3.52. The van der Waals surface area contributed by atoms with Gasteiger partial charge in [0.2, 0.25) is 12.7 Å². The molecule has 5 rings (SSSR count). The molecule has 1 aliphatic heterocycles. The smallest absolute Gasteiger partial charge is 0.331 e. The Morgan fingerprint density at radius 2 is 1.79 bits per heavy atom. The molecule has 0 unspecified atom stereocenters. The lowest BCUT2D eigenvalue weighted by molar-refractivity contribution is -0.134. The van der Waals surface area contributed by atoms with Crippen LogP contribution in [0.3, 0.4) is 0 Å². The number of benzene rings is 2. The molecule has 2 aliphatic rings. The predicted octanol–water partition coefficient (Wildman–Crippen LogP) is 2.88. The predicted molar refractivity (Wildman–Crippen MR) is 124 cm³/mol. The molecule has 0 bridgehead atoms. The topological polar surface area (TPSA) is 82.8 Å². The van der Waals surface area contributed by atoms with Crippen LogP contribution in [0.4, 0.5) is 0 Å². The zero-order chi connectivity index (χ0) is 22.9. The first-order valence-corrected chi connectivity index (χ1v) is 11.5. The second-order valence-electron chi connectivity index (χ2n) is 8.58. The van der Waals surface area contributed by atoms with Gasteiger partial charge in [-0.25, -0.2) is 4.79 Å². The molecule has 2 aromatic carbocycles. The van der Waals surface area contributed by atoms with E-state index < -0.39 is 5.69 Å². The molecule has 33 heavy (non-hydrogen) atoms. The molecule has 1 saturated carbocycles. The largest absolute Gasteiger partial charge is 0.454 e. The number of para-hydroxylation sites is 1. The van der Waals surface area contributed by atoms with Gasteiger partial charge < -0.3 is 14.4 Å². The average molecular weight is 450 g/mol. The number of aromatic nitrogens is 2. The third-order valence-corrected chi connectivity index (χ3v) is 6.62. The van der Waals surface area contributed by atoms with Crippen LogP contribution in [0.5, 0.6) is 11.5 Å². The van der Waals surface area contributed by atoms with Crippen molar-refractivity contribution in [1.29, 1.82) is 0 Å². The highest BCUT2D eigenvalue weighted by Gasteiger charge is 2.28. The maximum Gasteiger partial charge on any atom is 0.331 e. The van der Waals surface area contributed by atoms with Crippen LogP contribution in [-0.2, 0) is 24.4 Å². The van der Waals surface area contributed by atoms with E-state index in [4.69, 9.17) is 9.47 Å². The lowest BCUT2D eigenvalue weighted by Gasteiger charge is -2.30. The van der Waals surface area contributed by atoms with Crippen molar-refractivity contribution in [2.45, 2.75) is 58.3 Å². The molecule has 1 fully saturated rings. The summed E-state index contributed by atoms with van der Waals surface area (Å²) in [6.07, 6.45) is 4.05. The van der Waals surface area contributed by atoms with Crippen molar-refractivity contribution in [1.82, 2.24) is 14.0 Å². The zero-order valence-electron chi connectivity index (χ0n) is 18.7. The number of hydrogen-bond acceptors (Lipinski definition) is 5. The van der Waals surface area contributed by atoms with E-state index in [9.17, 15) is 14.4 Å². The number of carbonyl (C=O) groups is 1. The van der Waals surface area contributed by atoms with Crippen LogP contribution in [0.25, 0.3) is 10.9 Å². The van der Waals surface area contributed by atoms with Gasteiger partial charge in [0.05, 0.1) is 10.9 Å². The first-order chi connectivity index (χ1) is 16.1. The van der Waals surface area contributed by atoms with Gasteiger partial charge >= 0.3 is 5.69 Å². The quantitative estimate of drug-likeness (QED) is 0.578. The molecule has 8 heteroatoms. The van der Waals surface area contributed by atoms with Crippen LogP contribution in [-0.4, -0.2) is 32.8 Å². The van der Waals surface area contributed by atoms with Gasteiger partial charge in [-0.2, -0.15) is 0 Å².